The van der Waals surface area contributed by atoms with Crippen LogP contribution in [0.3, 0.4) is 0 Å². The Morgan fingerprint density at radius 2 is 1.80 bits per heavy atom. The number of hydrogen-bond acceptors (Lipinski definition) is 2. The lowest BCUT2D eigenvalue weighted by molar-refractivity contribution is 0.0418. The molecule has 1 aliphatic carbocycles. The highest BCUT2D eigenvalue weighted by Gasteiger charge is 2.32. The fourth-order valence-corrected chi connectivity index (χ4v) is 2.96. The van der Waals surface area contributed by atoms with Gasteiger partial charge in [-0.3, -0.25) is 0 Å². The lowest BCUT2D eigenvalue weighted by Crippen LogP contribution is -2.36. The Balaban J connectivity index is 1.65. The average molecular weight is 211 g/mol. The van der Waals surface area contributed by atoms with Gasteiger partial charge in [0.2, 0.25) is 0 Å². The van der Waals surface area contributed by atoms with Crippen molar-refractivity contribution in [1.29, 1.82) is 0 Å². The van der Waals surface area contributed by atoms with Gasteiger partial charge in [-0.25, -0.2) is 0 Å². The molecular formula is C13H25NO. The van der Waals surface area contributed by atoms with Gasteiger partial charge in [0.25, 0.3) is 0 Å². The highest BCUT2D eigenvalue weighted by molar-refractivity contribution is 4.84. The third-order valence-electron chi connectivity index (χ3n) is 4.21. The van der Waals surface area contributed by atoms with Gasteiger partial charge in [0.1, 0.15) is 0 Å². The zero-order chi connectivity index (χ0) is 10.5. The van der Waals surface area contributed by atoms with Crippen molar-refractivity contribution in [2.24, 2.45) is 17.8 Å². The fourth-order valence-electron chi connectivity index (χ4n) is 2.96. The van der Waals surface area contributed by atoms with Gasteiger partial charge in [-0.1, -0.05) is 6.92 Å². The number of ether oxygens (including phenoxy) is 1. The Hall–Kier alpha value is -0.0800. The van der Waals surface area contributed by atoms with E-state index < -0.39 is 0 Å². The summed E-state index contributed by atoms with van der Waals surface area (Å²) < 4.78 is 5.41. The van der Waals surface area contributed by atoms with E-state index in [-0.39, 0.29) is 0 Å². The van der Waals surface area contributed by atoms with Crippen LogP contribution >= 0.6 is 0 Å². The van der Waals surface area contributed by atoms with E-state index in [9.17, 15) is 0 Å². The monoisotopic (exact) mass is 211 g/mol. The molecule has 0 spiro atoms. The van der Waals surface area contributed by atoms with Crippen molar-refractivity contribution in [3.8, 4) is 0 Å². The van der Waals surface area contributed by atoms with E-state index in [0.717, 1.165) is 37.5 Å². The van der Waals surface area contributed by atoms with Gasteiger partial charge >= 0.3 is 0 Å². The molecule has 2 heteroatoms. The van der Waals surface area contributed by atoms with E-state index in [1.165, 1.54) is 38.6 Å². The summed E-state index contributed by atoms with van der Waals surface area (Å²) in [4.78, 5) is 0. The zero-order valence-corrected chi connectivity index (χ0v) is 10.0. The summed E-state index contributed by atoms with van der Waals surface area (Å²) in [7, 11) is 0. The molecule has 15 heavy (non-hydrogen) atoms. The standard InChI is InChI=1S/C13H25NO/c1-2-14-10-13-4-3-12(13)9-11-5-7-15-8-6-11/h11-14H,2-10H2,1H3. The maximum Gasteiger partial charge on any atom is 0.0468 e. The summed E-state index contributed by atoms with van der Waals surface area (Å²) in [5, 5.41) is 3.49. The Morgan fingerprint density at radius 3 is 2.40 bits per heavy atom. The largest absolute Gasteiger partial charge is 0.381 e. The van der Waals surface area contributed by atoms with Gasteiger partial charge in [0.15, 0.2) is 0 Å². The van der Waals surface area contributed by atoms with E-state index in [2.05, 4.69) is 12.2 Å². The summed E-state index contributed by atoms with van der Waals surface area (Å²) >= 11 is 0. The van der Waals surface area contributed by atoms with Crippen LogP contribution in [0.25, 0.3) is 0 Å². The van der Waals surface area contributed by atoms with Crippen molar-refractivity contribution in [3.05, 3.63) is 0 Å². The van der Waals surface area contributed by atoms with E-state index in [1.807, 2.05) is 0 Å². The van der Waals surface area contributed by atoms with Crippen LogP contribution in [0.1, 0.15) is 39.0 Å². The lowest BCUT2D eigenvalue weighted by Gasteiger charge is -2.39. The lowest BCUT2D eigenvalue weighted by atomic mass is 9.68. The Bertz CT molecular complexity index is 177. The highest BCUT2D eigenvalue weighted by Crippen LogP contribution is 2.40. The number of nitrogens with one attached hydrogen (secondary N) is 1. The van der Waals surface area contributed by atoms with E-state index in [0.29, 0.717) is 0 Å². The summed E-state index contributed by atoms with van der Waals surface area (Å²) in [5.41, 5.74) is 0. The van der Waals surface area contributed by atoms with Gasteiger partial charge < -0.3 is 10.1 Å². The van der Waals surface area contributed by atoms with Gasteiger partial charge in [-0.2, -0.15) is 0 Å². The van der Waals surface area contributed by atoms with Crippen LogP contribution in [0, 0.1) is 17.8 Å². The van der Waals surface area contributed by atoms with Gasteiger partial charge in [-0.15, -0.1) is 0 Å². The second-order valence-electron chi connectivity index (χ2n) is 5.20. The normalized spacial score (nSPS) is 32.6. The van der Waals surface area contributed by atoms with Crippen molar-refractivity contribution in [3.63, 3.8) is 0 Å². The molecule has 1 N–H and O–H groups in total. The molecule has 2 rings (SSSR count). The maximum absolute atomic E-state index is 5.41. The molecule has 2 atom stereocenters. The Morgan fingerprint density at radius 1 is 1.07 bits per heavy atom. The third kappa shape index (κ3) is 3.18. The smallest absolute Gasteiger partial charge is 0.0468 e. The van der Waals surface area contributed by atoms with Crippen molar-refractivity contribution in [2.75, 3.05) is 26.3 Å². The molecule has 0 aromatic carbocycles. The molecular weight excluding hydrogens is 186 g/mol. The van der Waals surface area contributed by atoms with Crippen molar-refractivity contribution in [1.82, 2.24) is 5.32 Å². The number of hydrogen-bond donors (Lipinski definition) is 1. The third-order valence-corrected chi connectivity index (χ3v) is 4.21. The Labute approximate surface area is 93.8 Å². The first-order valence-electron chi connectivity index (χ1n) is 6.68. The predicted molar refractivity (Wildman–Crippen MR) is 62.9 cm³/mol. The average Bonchev–Trinajstić information content (AvgIpc) is 2.26. The minimum Gasteiger partial charge on any atom is -0.381 e. The van der Waals surface area contributed by atoms with Crippen LogP contribution in [0.2, 0.25) is 0 Å². The van der Waals surface area contributed by atoms with Crippen LogP contribution in [-0.2, 0) is 4.74 Å². The molecule has 1 saturated carbocycles. The minimum atomic E-state index is 0.966. The van der Waals surface area contributed by atoms with Crippen molar-refractivity contribution < 1.29 is 4.74 Å². The maximum atomic E-state index is 5.41. The van der Waals surface area contributed by atoms with Gasteiger partial charge in [0.05, 0.1) is 0 Å². The fraction of sp³-hybridized carbons (Fsp3) is 1.00. The van der Waals surface area contributed by atoms with E-state index in [1.54, 1.807) is 0 Å². The molecule has 0 amide bonds. The van der Waals surface area contributed by atoms with Crippen molar-refractivity contribution >= 4 is 0 Å². The topological polar surface area (TPSA) is 21.3 Å². The summed E-state index contributed by atoms with van der Waals surface area (Å²) in [6.07, 6.45) is 7.03. The zero-order valence-electron chi connectivity index (χ0n) is 10.0. The van der Waals surface area contributed by atoms with E-state index >= 15 is 0 Å². The molecule has 0 radical (unpaired) electrons. The first kappa shape index (κ1) is 11.4. The molecule has 1 heterocycles. The molecule has 88 valence electrons. The van der Waals surface area contributed by atoms with Gasteiger partial charge in [0, 0.05) is 13.2 Å². The second-order valence-corrected chi connectivity index (χ2v) is 5.20. The summed E-state index contributed by atoms with van der Waals surface area (Å²) in [5.74, 6) is 2.97. The molecule has 2 nitrogen and oxygen atoms in total. The minimum absolute atomic E-state index is 0.966. The SMILES string of the molecule is CCNCC1CCC1CC1CCOCC1. The molecule has 2 aliphatic rings. The molecule has 1 aliphatic heterocycles. The molecule has 0 aromatic heterocycles. The Kier molecular flexibility index (Phi) is 4.45. The van der Waals surface area contributed by atoms with Gasteiger partial charge in [-0.05, 0) is 62.9 Å². The van der Waals surface area contributed by atoms with Crippen LogP contribution in [-0.4, -0.2) is 26.3 Å². The molecule has 0 bridgehead atoms. The number of rotatable bonds is 5. The van der Waals surface area contributed by atoms with Crippen LogP contribution in [0.5, 0.6) is 0 Å². The van der Waals surface area contributed by atoms with Crippen LogP contribution in [0.4, 0.5) is 0 Å². The van der Waals surface area contributed by atoms with Crippen molar-refractivity contribution in [2.45, 2.75) is 39.0 Å². The van der Waals surface area contributed by atoms with Crippen LogP contribution in [0.15, 0.2) is 0 Å². The summed E-state index contributed by atoms with van der Waals surface area (Å²) in [6.45, 7) is 6.60. The molecule has 1 saturated heterocycles. The molecule has 2 unspecified atom stereocenters. The van der Waals surface area contributed by atoms with E-state index in [4.69, 9.17) is 4.74 Å². The molecule has 2 fully saturated rings. The van der Waals surface area contributed by atoms with Crippen LogP contribution < -0.4 is 5.32 Å². The quantitative estimate of drug-likeness (QED) is 0.754. The first-order chi connectivity index (χ1) is 7.40. The first-order valence-corrected chi connectivity index (χ1v) is 6.68. The summed E-state index contributed by atoms with van der Waals surface area (Å²) in [6, 6.07) is 0. The predicted octanol–water partition coefficient (Wildman–Crippen LogP) is 2.44. The molecule has 0 aromatic rings. The second kappa shape index (κ2) is 5.86. The highest BCUT2D eigenvalue weighted by atomic mass is 16.5.